The van der Waals surface area contributed by atoms with Crippen LogP contribution in [0.3, 0.4) is 0 Å². The number of ether oxygens (including phenoxy) is 1. The first kappa shape index (κ1) is 8.39. The molecule has 0 saturated carbocycles. The van der Waals surface area contributed by atoms with Crippen LogP contribution in [0.2, 0.25) is 0 Å². The topological polar surface area (TPSA) is 58.6 Å². The van der Waals surface area contributed by atoms with Gasteiger partial charge in [-0.1, -0.05) is 6.07 Å². The molecule has 0 aliphatic carbocycles. The van der Waals surface area contributed by atoms with E-state index in [0.717, 1.165) is 0 Å². The molecular weight excluding hydrogens is 158 g/mol. The summed E-state index contributed by atoms with van der Waals surface area (Å²) in [5.74, 6) is 0.272. The molecule has 0 aromatic heterocycles. The molecule has 2 N–H and O–H groups in total. The van der Waals surface area contributed by atoms with Gasteiger partial charge in [-0.3, -0.25) is 4.79 Å². The van der Waals surface area contributed by atoms with Crippen molar-refractivity contribution in [3.8, 4) is 11.5 Å². The molecule has 0 aliphatic rings. The summed E-state index contributed by atoms with van der Waals surface area (Å²) < 4.78 is 4.83. The molecular formula is C8H9NO3. The second kappa shape index (κ2) is 3.61. The number of anilines is 1. The molecule has 0 aliphatic heterocycles. The molecule has 64 valence electrons. The van der Waals surface area contributed by atoms with Gasteiger partial charge in [0.05, 0.1) is 12.8 Å². The Kier molecular flexibility index (Phi) is 2.53. The fourth-order valence-electron chi connectivity index (χ4n) is 0.867. The Morgan fingerprint density at radius 2 is 2.33 bits per heavy atom. The number of nitrogens with one attached hydrogen (secondary N) is 1. The lowest BCUT2D eigenvalue weighted by atomic mass is 10.3. The summed E-state index contributed by atoms with van der Waals surface area (Å²) in [4.78, 5) is 10.1. The van der Waals surface area contributed by atoms with E-state index >= 15 is 0 Å². The van der Waals surface area contributed by atoms with Crippen molar-refractivity contribution in [1.82, 2.24) is 0 Å². The second-order valence-corrected chi connectivity index (χ2v) is 2.12. The Balaban J connectivity index is 3.04. The quantitative estimate of drug-likeness (QED) is 0.521. The van der Waals surface area contributed by atoms with Crippen LogP contribution in [-0.4, -0.2) is 18.6 Å². The van der Waals surface area contributed by atoms with Crippen LogP contribution in [0, 0.1) is 0 Å². The molecule has 0 fully saturated rings. The molecule has 1 aromatic rings. The van der Waals surface area contributed by atoms with Crippen LogP contribution in [0.4, 0.5) is 5.69 Å². The highest BCUT2D eigenvalue weighted by molar-refractivity contribution is 5.77. The van der Waals surface area contributed by atoms with Gasteiger partial charge in [-0.05, 0) is 12.1 Å². The van der Waals surface area contributed by atoms with Crippen molar-refractivity contribution in [2.45, 2.75) is 0 Å². The predicted molar refractivity (Wildman–Crippen MR) is 44.3 cm³/mol. The zero-order valence-electron chi connectivity index (χ0n) is 6.57. The highest BCUT2D eigenvalue weighted by Gasteiger charge is 2.04. The normalized spacial score (nSPS) is 9.08. The minimum Gasteiger partial charge on any atom is -0.503 e. The van der Waals surface area contributed by atoms with Crippen LogP contribution in [0.15, 0.2) is 18.2 Å². The van der Waals surface area contributed by atoms with Gasteiger partial charge in [0.15, 0.2) is 11.5 Å². The monoisotopic (exact) mass is 167 g/mol. The van der Waals surface area contributed by atoms with Crippen LogP contribution >= 0.6 is 0 Å². The molecule has 0 saturated heterocycles. The third kappa shape index (κ3) is 1.47. The van der Waals surface area contributed by atoms with Gasteiger partial charge in [0.1, 0.15) is 0 Å². The standard InChI is InChI=1S/C8H9NO3/c1-12-7-4-2-3-6(8(7)11)9-5-10/h2-5,11H,1H3,(H,9,10). The number of carbonyl (C=O) groups is 1. The fourth-order valence-corrected chi connectivity index (χ4v) is 0.867. The van der Waals surface area contributed by atoms with Gasteiger partial charge in [-0.2, -0.15) is 0 Å². The Labute approximate surface area is 69.8 Å². The van der Waals surface area contributed by atoms with Crippen molar-refractivity contribution in [1.29, 1.82) is 0 Å². The maximum atomic E-state index is 10.1. The molecule has 0 heterocycles. The van der Waals surface area contributed by atoms with E-state index in [2.05, 4.69) is 5.32 Å². The number of rotatable bonds is 3. The first-order valence-corrected chi connectivity index (χ1v) is 3.35. The van der Waals surface area contributed by atoms with E-state index in [-0.39, 0.29) is 5.75 Å². The molecule has 1 amide bonds. The van der Waals surface area contributed by atoms with Gasteiger partial charge < -0.3 is 15.2 Å². The number of phenolic OH excluding ortho intramolecular Hbond substituents is 1. The maximum Gasteiger partial charge on any atom is 0.211 e. The molecule has 12 heavy (non-hydrogen) atoms. The average molecular weight is 167 g/mol. The Morgan fingerprint density at radius 1 is 1.58 bits per heavy atom. The lowest BCUT2D eigenvalue weighted by Crippen LogP contribution is -1.94. The lowest BCUT2D eigenvalue weighted by Gasteiger charge is -2.06. The summed E-state index contributed by atoms with van der Waals surface area (Å²) in [5.41, 5.74) is 0.337. The molecule has 4 nitrogen and oxygen atoms in total. The van der Waals surface area contributed by atoms with E-state index in [1.54, 1.807) is 18.2 Å². The number of aromatic hydroxyl groups is 1. The van der Waals surface area contributed by atoms with Crippen molar-refractivity contribution >= 4 is 12.1 Å². The summed E-state index contributed by atoms with van der Waals surface area (Å²) >= 11 is 0. The zero-order valence-corrected chi connectivity index (χ0v) is 6.57. The van der Waals surface area contributed by atoms with Gasteiger partial charge in [0, 0.05) is 0 Å². The number of methoxy groups -OCH3 is 1. The van der Waals surface area contributed by atoms with E-state index < -0.39 is 0 Å². The number of amides is 1. The molecule has 1 rings (SSSR count). The van der Waals surface area contributed by atoms with E-state index in [4.69, 9.17) is 4.74 Å². The number of phenols is 1. The Morgan fingerprint density at radius 3 is 2.92 bits per heavy atom. The first-order chi connectivity index (χ1) is 5.79. The van der Waals surface area contributed by atoms with Gasteiger partial charge in [0.2, 0.25) is 6.41 Å². The van der Waals surface area contributed by atoms with Crippen LogP contribution in [-0.2, 0) is 4.79 Å². The van der Waals surface area contributed by atoms with E-state index in [0.29, 0.717) is 17.8 Å². The van der Waals surface area contributed by atoms with E-state index in [9.17, 15) is 9.90 Å². The zero-order chi connectivity index (χ0) is 8.97. The fraction of sp³-hybridized carbons (Fsp3) is 0.125. The molecule has 0 radical (unpaired) electrons. The van der Waals surface area contributed by atoms with Crippen LogP contribution in [0.5, 0.6) is 11.5 Å². The number of hydrogen-bond donors (Lipinski definition) is 2. The third-order valence-corrected chi connectivity index (χ3v) is 1.43. The summed E-state index contributed by atoms with van der Waals surface area (Å²) in [6, 6.07) is 4.85. The molecule has 1 aromatic carbocycles. The van der Waals surface area contributed by atoms with Crippen LogP contribution in [0.25, 0.3) is 0 Å². The highest BCUT2D eigenvalue weighted by atomic mass is 16.5. The maximum absolute atomic E-state index is 10.1. The highest BCUT2D eigenvalue weighted by Crippen LogP contribution is 2.32. The third-order valence-electron chi connectivity index (χ3n) is 1.43. The van der Waals surface area contributed by atoms with Crippen molar-refractivity contribution < 1.29 is 14.6 Å². The summed E-state index contributed by atoms with van der Waals surface area (Å²) in [6.07, 6.45) is 0.495. The van der Waals surface area contributed by atoms with Gasteiger partial charge in [-0.25, -0.2) is 0 Å². The van der Waals surface area contributed by atoms with Crippen LogP contribution in [0.1, 0.15) is 0 Å². The van der Waals surface area contributed by atoms with Crippen molar-refractivity contribution in [2.75, 3.05) is 12.4 Å². The average Bonchev–Trinajstić information content (AvgIpc) is 2.09. The van der Waals surface area contributed by atoms with Gasteiger partial charge >= 0.3 is 0 Å². The summed E-state index contributed by atoms with van der Waals surface area (Å²) in [6.45, 7) is 0. The van der Waals surface area contributed by atoms with E-state index in [1.165, 1.54) is 7.11 Å². The van der Waals surface area contributed by atoms with Crippen molar-refractivity contribution in [3.05, 3.63) is 18.2 Å². The molecule has 0 bridgehead atoms. The largest absolute Gasteiger partial charge is 0.503 e. The number of para-hydroxylation sites is 1. The Hall–Kier alpha value is -1.71. The number of carbonyl (C=O) groups excluding carboxylic acids is 1. The molecule has 0 unspecified atom stereocenters. The van der Waals surface area contributed by atoms with Crippen molar-refractivity contribution in [3.63, 3.8) is 0 Å². The molecule has 0 atom stereocenters. The van der Waals surface area contributed by atoms with Crippen LogP contribution < -0.4 is 10.1 Å². The molecule has 0 spiro atoms. The molecule has 4 heteroatoms. The SMILES string of the molecule is COc1cccc(NC=O)c1O. The van der Waals surface area contributed by atoms with Gasteiger partial charge in [0.25, 0.3) is 0 Å². The lowest BCUT2D eigenvalue weighted by molar-refractivity contribution is -0.105. The van der Waals surface area contributed by atoms with E-state index in [1.807, 2.05) is 0 Å². The second-order valence-electron chi connectivity index (χ2n) is 2.12. The van der Waals surface area contributed by atoms with Crippen molar-refractivity contribution in [2.24, 2.45) is 0 Å². The van der Waals surface area contributed by atoms with Gasteiger partial charge in [-0.15, -0.1) is 0 Å². The predicted octanol–water partition coefficient (Wildman–Crippen LogP) is 0.969. The first-order valence-electron chi connectivity index (χ1n) is 3.35. The summed E-state index contributed by atoms with van der Waals surface area (Å²) in [5, 5.41) is 11.7. The summed E-state index contributed by atoms with van der Waals surface area (Å²) in [7, 11) is 1.44. The minimum absolute atomic E-state index is 0.0629. The Bertz CT molecular complexity index is 286. The smallest absolute Gasteiger partial charge is 0.211 e. The minimum atomic E-state index is -0.0629. The number of hydrogen-bond acceptors (Lipinski definition) is 3. The number of benzene rings is 1.